The normalized spacial score (nSPS) is 14.7. The third kappa shape index (κ3) is 5.78. The van der Waals surface area contributed by atoms with E-state index in [1.54, 1.807) is 43.5 Å². The Balaban J connectivity index is 1.48. The van der Waals surface area contributed by atoms with Crippen LogP contribution in [0.25, 0.3) is 6.08 Å². The highest BCUT2D eigenvalue weighted by atomic mass is 79.9. The lowest BCUT2D eigenvalue weighted by atomic mass is 10.1. The molecule has 1 heterocycles. The predicted molar refractivity (Wildman–Crippen MR) is 139 cm³/mol. The van der Waals surface area contributed by atoms with E-state index in [2.05, 4.69) is 15.9 Å². The molecule has 5 nitrogen and oxygen atoms in total. The van der Waals surface area contributed by atoms with E-state index < -0.39 is 0 Å². The van der Waals surface area contributed by atoms with Crippen LogP contribution in [-0.4, -0.2) is 23.2 Å². The molecule has 9 heteroatoms. The minimum Gasteiger partial charge on any atom is -0.493 e. The number of ether oxygens (including phenoxy) is 2. The van der Waals surface area contributed by atoms with Crippen LogP contribution in [0.1, 0.15) is 16.7 Å². The van der Waals surface area contributed by atoms with Crippen LogP contribution in [0.5, 0.6) is 11.5 Å². The topological polar surface area (TPSA) is 55.8 Å². The summed E-state index contributed by atoms with van der Waals surface area (Å²) >= 11 is 16.4. The van der Waals surface area contributed by atoms with Crippen molar-refractivity contribution in [3.05, 3.63) is 96.8 Å². The van der Waals surface area contributed by atoms with Crippen LogP contribution < -0.4 is 9.47 Å². The maximum atomic E-state index is 12.9. The molecule has 1 aliphatic rings. The van der Waals surface area contributed by atoms with Gasteiger partial charge in [0.15, 0.2) is 11.5 Å². The average molecular weight is 579 g/mol. The van der Waals surface area contributed by atoms with Gasteiger partial charge in [-0.05, 0) is 70.9 Å². The minimum atomic E-state index is -0.379. The molecule has 4 rings (SSSR count). The number of methoxy groups -OCH3 is 1. The summed E-state index contributed by atoms with van der Waals surface area (Å²) in [5, 5.41) is 0.531. The molecular formula is C25H18BrCl2NO4S. The Morgan fingerprint density at radius 3 is 2.47 bits per heavy atom. The SMILES string of the molecule is COc1cc(/C=C2\SC(=O)N(Cc3ccc(Cl)cc3Cl)C2=O)ccc1OCc1ccc(Br)cc1. The van der Waals surface area contributed by atoms with Crippen LogP contribution in [0.3, 0.4) is 0 Å². The summed E-state index contributed by atoms with van der Waals surface area (Å²) in [5.74, 6) is 0.724. The van der Waals surface area contributed by atoms with E-state index in [0.29, 0.717) is 44.2 Å². The van der Waals surface area contributed by atoms with E-state index in [4.69, 9.17) is 32.7 Å². The van der Waals surface area contributed by atoms with E-state index >= 15 is 0 Å². The van der Waals surface area contributed by atoms with Gasteiger partial charge in [-0.25, -0.2) is 0 Å². The molecule has 0 aromatic heterocycles. The molecule has 3 aromatic rings. The molecule has 0 saturated carbocycles. The summed E-state index contributed by atoms with van der Waals surface area (Å²) in [6, 6.07) is 18.2. The van der Waals surface area contributed by atoms with Crippen molar-refractivity contribution in [3.63, 3.8) is 0 Å². The molecule has 174 valence electrons. The number of rotatable bonds is 7. The molecule has 2 amide bonds. The van der Waals surface area contributed by atoms with E-state index in [0.717, 1.165) is 21.8 Å². The van der Waals surface area contributed by atoms with Gasteiger partial charge in [0.05, 0.1) is 18.6 Å². The first-order valence-electron chi connectivity index (χ1n) is 10.1. The number of hydrogen-bond acceptors (Lipinski definition) is 5. The summed E-state index contributed by atoms with van der Waals surface area (Å²) in [4.78, 5) is 26.9. The van der Waals surface area contributed by atoms with Crippen molar-refractivity contribution < 1.29 is 19.1 Å². The van der Waals surface area contributed by atoms with Crippen molar-refractivity contribution >= 4 is 68.1 Å². The highest BCUT2D eigenvalue weighted by molar-refractivity contribution is 9.10. The van der Waals surface area contributed by atoms with Crippen LogP contribution >= 0.6 is 50.9 Å². The Hall–Kier alpha value is -2.45. The van der Waals surface area contributed by atoms with Crippen LogP contribution in [0.4, 0.5) is 4.79 Å². The second kappa shape index (κ2) is 10.9. The van der Waals surface area contributed by atoms with E-state index in [-0.39, 0.29) is 17.7 Å². The van der Waals surface area contributed by atoms with Crippen LogP contribution in [-0.2, 0) is 17.9 Å². The number of carbonyl (C=O) groups excluding carboxylic acids is 2. The summed E-state index contributed by atoms with van der Waals surface area (Å²) < 4.78 is 12.4. The van der Waals surface area contributed by atoms with Gasteiger partial charge in [0.1, 0.15) is 6.61 Å². The highest BCUT2D eigenvalue weighted by Crippen LogP contribution is 2.36. The largest absolute Gasteiger partial charge is 0.493 e. The fourth-order valence-electron chi connectivity index (χ4n) is 3.24. The summed E-state index contributed by atoms with van der Waals surface area (Å²) in [5.41, 5.74) is 2.37. The molecule has 0 bridgehead atoms. The summed E-state index contributed by atoms with van der Waals surface area (Å²) in [7, 11) is 1.55. The predicted octanol–water partition coefficient (Wildman–Crippen LogP) is 7.58. The van der Waals surface area contributed by atoms with Crippen LogP contribution in [0, 0.1) is 0 Å². The minimum absolute atomic E-state index is 0.0736. The number of amides is 2. The first-order valence-corrected chi connectivity index (χ1v) is 12.4. The van der Waals surface area contributed by atoms with Gasteiger partial charge in [0.2, 0.25) is 0 Å². The smallest absolute Gasteiger partial charge is 0.293 e. The molecule has 1 aliphatic heterocycles. The van der Waals surface area contributed by atoms with Gasteiger partial charge in [-0.15, -0.1) is 0 Å². The molecular weight excluding hydrogens is 561 g/mol. The van der Waals surface area contributed by atoms with Crippen molar-refractivity contribution in [2.24, 2.45) is 0 Å². The Morgan fingerprint density at radius 1 is 1.00 bits per heavy atom. The first-order chi connectivity index (χ1) is 16.3. The molecule has 0 unspecified atom stereocenters. The lowest BCUT2D eigenvalue weighted by Gasteiger charge is -2.14. The van der Waals surface area contributed by atoms with E-state index in [9.17, 15) is 9.59 Å². The van der Waals surface area contributed by atoms with Crippen molar-refractivity contribution in [3.8, 4) is 11.5 Å². The number of thioether (sulfide) groups is 1. The monoisotopic (exact) mass is 577 g/mol. The quantitative estimate of drug-likeness (QED) is 0.270. The Morgan fingerprint density at radius 2 is 1.76 bits per heavy atom. The van der Waals surface area contributed by atoms with Gasteiger partial charge in [-0.2, -0.15) is 0 Å². The van der Waals surface area contributed by atoms with Gasteiger partial charge in [-0.1, -0.05) is 63.4 Å². The molecule has 0 radical (unpaired) electrons. The van der Waals surface area contributed by atoms with Crippen molar-refractivity contribution in [1.29, 1.82) is 0 Å². The number of halogens is 3. The third-order valence-electron chi connectivity index (χ3n) is 5.01. The van der Waals surface area contributed by atoms with Gasteiger partial charge in [0, 0.05) is 14.5 Å². The molecule has 0 N–H and O–H groups in total. The Bertz CT molecular complexity index is 1280. The van der Waals surface area contributed by atoms with Gasteiger partial charge in [0.25, 0.3) is 11.1 Å². The molecule has 1 fully saturated rings. The number of hydrogen-bond donors (Lipinski definition) is 0. The maximum absolute atomic E-state index is 12.9. The van der Waals surface area contributed by atoms with Crippen LogP contribution in [0.15, 0.2) is 70.0 Å². The van der Waals surface area contributed by atoms with Crippen LogP contribution in [0.2, 0.25) is 10.0 Å². The van der Waals surface area contributed by atoms with Crippen molar-refractivity contribution in [2.45, 2.75) is 13.2 Å². The number of benzene rings is 3. The second-order valence-electron chi connectivity index (χ2n) is 7.33. The van der Waals surface area contributed by atoms with Gasteiger partial charge in [-0.3, -0.25) is 14.5 Å². The molecule has 0 atom stereocenters. The van der Waals surface area contributed by atoms with Crippen molar-refractivity contribution in [2.75, 3.05) is 7.11 Å². The molecule has 0 aliphatic carbocycles. The maximum Gasteiger partial charge on any atom is 0.293 e. The number of carbonyl (C=O) groups is 2. The highest BCUT2D eigenvalue weighted by Gasteiger charge is 2.35. The zero-order chi connectivity index (χ0) is 24.2. The van der Waals surface area contributed by atoms with E-state index in [1.165, 1.54) is 4.90 Å². The lowest BCUT2D eigenvalue weighted by Crippen LogP contribution is -2.27. The average Bonchev–Trinajstić information content (AvgIpc) is 3.08. The lowest BCUT2D eigenvalue weighted by molar-refractivity contribution is -0.123. The second-order valence-corrected chi connectivity index (χ2v) is 10.1. The third-order valence-corrected chi connectivity index (χ3v) is 7.03. The Labute approximate surface area is 219 Å². The molecule has 3 aromatic carbocycles. The Kier molecular flexibility index (Phi) is 7.88. The summed E-state index contributed by atoms with van der Waals surface area (Å²) in [6.45, 7) is 0.458. The van der Waals surface area contributed by atoms with Crippen molar-refractivity contribution in [1.82, 2.24) is 4.90 Å². The zero-order valence-electron chi connectivity index (χ0n) is 17.9. The fraction of sp³-hybridized carbons (Fsp3) is 0.120. The van der Waals surface area contributed by atoms with Gasteiger partial charge >= 0.3 is 0 Å². The number of imide groups is 1. The summed E-state index contributed by atoms with van der Waals surface area (Å²) in [6.07, 6.45) is 1.66. The molecule has 0 spiro atoms. The molecule has 34 heavy (non-hydrogen) atoms. The first kappa shape index (κ1) is 24.7. The van der Waals surface area contributed by atoms with E-state index in [1.807, 2.05) is 30.3 Å². The zero-order valence-corrected chi connectivity index (χ0v) is 21.8. The standard InChI is InChI=1S/C25H18BrCl2NO4S/c1-32-22-10-16(4-9-21(22)33-14-15-2-6-18(26)7-3-15)11-23-24(30)29(25(31)34-23)13-17-5-8-19(27)12-20(17)28/h2-12H,13-14H2,1H3/b23-11-. The number of nitrogens with zero attached hydrogens (tertiary/aromatic N) is 1. The fourth-order valence-corrected chi connectivity index (χ4v) is 4.81. The van der Waals surface area contributed by atoms with Gasteiger partial charge < -0.3 is 9.47 Å². The molecule has 1 saturated heterocycles.